The quantitative estimate of drug-likeness (QED) is 0.905. The van der Waals surface area contributed by atoms with Gasteiger partial charge in [0, 0.05) is 11.6 Å². The predicted molar refractivity (Wildman–Crippen MR) is 87.6 cm³/mol. The zero-order valence-electron chi connectivity index (χ0n) is 12.3. The molecule has 6 heteroatoms. The Balaban J connectivity index is 1.58. The zero-order valence-corrected chi connectivity index (χ0v) is 13.0. The predicted octanol–water partition coefficient (Wildman–Crippen LogP) is 2.53. The van der Waals surface area contributed by atoms with Gasteiger partial charge in [-0.3, -0.25) is 9.59 Å². The van der Waals surface area contributed by atoms with Gasteiger partial charge in [0.15, 0.2) is 6.61 Å². The number of hydrogen-bond acceptors (Lipinski definition) is 3. The van der Waals surface area contributed by atoms with Gasteiger partial charge in [-0.05, 0) is 35.4 Å². The van der Waals surface area contributed by atoms with Crippen molar-refractivity contribution in [2.75, 3.05) is 11.9 Å². The number of nitrogens with one attached hydrogen (secondary N) is 2. The molecule has 0 bridgehead atoms. The van der Waals surface area contributed by atoms with Gasteiger partial charge in [-0.2, -0.15) is 0 Å². The fraction of sp³-hybridized carbons (Fsp3) is 0.176. The van der Waals surface area contributed by atoms with E-state index in [1.807, 2.05) is 18.2 Å². The van der Waals surface area contributed by atoms with Crippen molar-refractivity contribution in [3.63, 3.8) is 0 Å². The van der Waals surface area contributed by atoms with Gasteiger partial charge >= 0.3 is 0 Å². The van der Waals surface area contributed by atoms with Gasteiger partial charge in [-0.15, -0.1) is 0 Å². The Bertz CT molecular complexity index is 744. The number of anilines is 1. The van der Waals surface area contributed by atoms with Gasteiger partial charge in [0.2, 0.25) is 5.91 Å². The van der Waals surface area contributed by atoms with Gasteiger partial charge in [0.25, 0.3) is 5.91 Å². The average Bonchev–Trinajstić information content (AvgIpc) is 2.54. The van der Waals surface area contributed by atoms with Crippen LogP contribution in [0.1, 0.15) is 11.1 Å². The molecule has 0 saturated carbocycles. The molecule has 0 saturated heterocycles. The SMILES string of the molecule is O=C(Cc1ccc2c(c1)NC(=O)CO2)NCc1ccc(Cl)cc1. The van der Waals surface area contributed by atoms with E-state index in [1.54, 1.807) is 24.3 Å². The van der Waals surface area contributed by atoms with Gasteiger partial charge in [0.05, 0.1) is 12.1 Å². The van der Waals surface area contributed by atoms with E-state index in [0.29, 0.717) is 23.0 Å². The first-order valence-electron chi connectivity index (χ1n) is 7.17. The highest BCUT2D eigenvalue weighted by Crippen LogP contribution is 2.28. The van der Waals surface area contributed by atoms with Gasteiger partial charge < -0.3 is 15.4 Å². The minimum atomic E-state index is -0.193. The lowest BCUT2D eigenvalue weighted by Crippen LogP contribution is -2.26. The second kappa shape index (κ2) is 6.71. The fourth-order valence-corrected chi connectivity index (χ4v) is 2.42. The van der Waals surface area contributed by atoms with E-state index in [0.717, 1.165) is 11.1 Å². The number of benzene rings is 2. The highest BCUT2D eigenvalue weighted by Gasteiger charge is 2.16. The molecule has 0 spiro atoms. The first-order valence-corrected chi connectivity index (χ1v) is 7.55. The Labute approximate surface area is 138 Å². The highest BCUT2D eigenvalue weighted by atomic mass is 35.5. The van der Waals surface area contributed by atoms with E-state index in [-0.39, 0.29) is 24.8 Å². The molecule has 1 heterocycles. The number of carbonyl (C=O) groups is 2. The molecule has 1 aliphatic rings. The summed E-state index contributed by atoms with van der Waals surface area (Å²) < 4.78 is 5.29. The van der Waals surface area contributed by atoms with Crippen molar-refractivity contribution in [3.8, 4) is 5.75 Å². The summed E-state index contributed by atoms with van der Waals surface area (Å²) in [6.07, 6.45) is 0.233. The Morgan fingerprint density at radius 3 is 2.70 bits per heavy atom. The summed E-state index contributed by atoms with van der Waals surface area (Å²) in [5.74, 6) is 0.333. The van der Waals surface area contributed by atoms with Crippen LogP contribution in [-0.4, -0.2) is 18.4 Å². The van der Waals surface area contributed by atoms with Crippen molar-refractivity contribution < 1.29 is 14.3 Å². The molecule has 2 amide bonds. The molecule has 3 rings (SSSR count). The van der Waals surface area contributed by atoms with Crippen LogP contribution in [0.4, 0.5) is 5.69 Å². The molecule has 0 aromatic heterocycles. The minimum absolute atomic E-state index is 0.0218. The Hall–Kier alpha value is -2.53. The fourth-order valence-electron chi connectivity index (χ4n) is 2.29. The van der Waals surface area contributed by atoms with Crippen LogP contribution in [0.25, 0.3) is 0 Å². The molecule has 2 N–H and O–H groups in total. The largest absolute Gasteiger partial charge is 0.482 e. The second-order valence-electron chi connectivity index (χ2n) is 5.25. The van der Waals surface area contributed by atoms with Crippen LogP contribution in [0.5, 0.6) is 5.75 Å². The van der Waals surface area contributed by atoms with Crippen molar-refractivity contribution >= 4 is 29.1 Å². The monoisotopic (exact) mass is 330 g/mol. The number of amides is 2. The maximum Gasteiger partial charge on any atom is 0.262 e. The molecule has 0 radical (unpaired) electrons. The van der Waals surface area contributed by atoms with E-state index in [4.69, 9.17) is 16.3 Å². The smallest absolute Gasteiger partial charge is 0.262 e. The van der Waals surface area contributed by atoms with Crippen molar-refractivity contribution in [2.24, 2.45) is 0 Å². The summed E-state index contributed by atoms with van der Waals surface area (Å²) in [7, 11) is 0. The normalized spacial score (nSPS) is 12.8. The summed E-state index contributed by atoms with van der Waals surface area (Å²) in [5.41, 5.74) is 2.39. The molecule has 118 valence electrons. The highest BCUT2D eigenvalue weighted by molar-refractivity contribution is 6.30. The van der Waals surface area contributed by atoms with Gasteiger partial charge in [-0.1, -0.05) is 29.8 Å². The van der Waals surface area contributed by atoms with Crippen LogP contribution in [0.3, 0.4) is 0 Å². The number of rotatable bonds is 4. The third-order valence-corrected chi connectivity index (χ3v) is 3.70. The van der Waals surface area contributed by atoms with E-state index >= 15 is 0 Å². The molecule has 0 unspecified atom stereocenters. The number of carbonyl (C=O) groups excluding carboxylic acids is 2. The van der Waals surface area contributed by atoms with E-state index in [2.05, 4.69) is 10.6 Å². The molecule has 0 aliphatic carbocycles. The van der Waals surface area contributed by atoms with Crippen LogP contribution in [0.15, 0.2) is 42.5 Å². The molecule has 0 fully saturated rings. The molecular formula is C17H15ClN2O3. The Morgan fingerprint density at radius 1 is 1.17 bits per heavy atom. The number of ether oxygens (including phenoxy) is 1. The Morgan fingerprint density at radius 2 is 1.91 bits per heavy atom. The molecule has 2 aromatic carbocycles. The van der Waals surface area contributed by atoms with Crippen LogP contribution in [-0.2, 0) is 22.6 Å². The van der Waals surface area contributed by atoms with Gasteiger partial charge in [-0.25, -0.2) is 0 Å². The van der Waals surface area contributed by atoms with Crippen LogP contribution >= 0.6 is 11.6 Å². The third-order valence-electron chi connectivity index (χ3n) is 3.44. The maximum absolute atomic E-state index is 12.0. The molecule has 1 aliphatic heterocycles. The Kier molecular flexibility index (Phi) is 4.48. The minimum Gasteiger partial charge on any atom is -0.482 e. The van der Waals surface area contributed by atoms with Gasteiger partial charge in [0.1, 0.15) is 5.75 Å². The topological polar surface area (TPSA) is 67.4 Å². The summed E-state index contributed by atoms with van der Waals surface area (Å²) >= 11 is 5.82. The molecule has 2 aromatic rings. The summed E-state index contributed by atoms with van der Waals surface area (Å²) in [5, 5.41) is 6.25. The van der Waals surface area contributed by atoms with E-state index < -0.39 is 0 Å². The maximum atomic E-state index is 12.0. The van der Waals surface area contributed by atoms with Crippen molar-refractivity contribution in [3.05, 3.63) is 58.6 Å². The lowest BCUT2D eigenvalue weighted by Gasteiger charge is -2.18. The zero-order chi connectivity index (χ0) is 16.2. The summed E-state index contributed by atoms with van der Waals surface area (Å²) in [6, 6.07) is 12.6. The number of hydrogen-bond donors (Lipinski definition) is 2. The average molecular weight is 331 g/mol. The standard InChI is InChI=1S/C17H15ClN2O3/c18-13-4-1-11(2-5-13)9-19-16(21)8-12-3-6-15-14(7-12)20-17(22)10-23-15/h1-7H,8-10H2,(H,19,21)(H,20,22). The van der Waals surface area contributed by atoms with Crippen LogP contribution in [0.2, 0.25) is 5.02 Å². The first kappa shape index (κ1) is 15.4. The summed E-state index contributed by atoms with van der Waals surface area (Å²) in [6.45, 7) is 0.467. The molecule has 0 atom stereocenters. The molecule has 23 heavy (non-hydrogen) atoms. The second-order valence-corrected chi connectivity index (χ2v) is 5.68. The van der Waals surface area contributed by atoms with Crippen LogP contribution in [0, 0.1) is 0 Å². The van der Waals surface area contributed by atoms with E-state index in [1.165, 1.54) is 0 Å². The molecular weight excluding hydrogens is 316 g/mol. The van der Waals surface area contributed by atoms with Crippen LogP contribution < -0.4 is 15.4 Å². The third kappa shape index (κ3) is 4.02. The first-order chi connectivity index (χ1) is 11.1. The number of halogens is 1. The lowest BCUT2D eigenvalue weighted by atomic mass is 10.1. The van der Waals surface area contributed by atoms with Crippen molar-refractivity contribution in [1.29, 1.82) is 0 Å². The molecule has 5 nitrogen and oxygen atoms in total. The van der Waals surface area contributed by atoms with E-state index in [9.17, 15) is 9.59 Å². The summed E-state index contributed by atoms with van der Waals surface area (Å²) in [4.78, 5) is 23.3. The van der Waals surface area contributed by atoms with Crippen molar-refractivity contribution in [1.82, 2.24) is 5.32 Å². The van der Waals surface area contributed by atoms with Crippen molar-refractivity contribution in [2.45, 2.75) is 13.0 Å². The number of fused-ring (bicyclic) bond motifs is 1. The lowest BCUT2D eigenvalue weighted by molar-refractivity contribution is -0.120.